The number of nitrogens with two attached hydrogens (primary N) is 1. The molecule has 2 rings (SSSR count). The Kier molecular flexibility index (Phi) is 5.92. The number of carbonyl (C=O) groups excluding carboxylic acids is 2. The SMILES string of the molecule is COCC(C)NC(=O)c1ccc(C(=O)Nc2ccccc2N)cc1. The Morgan fingerprint density at radius 1 is 1.04 bits per heavy atom. The van der Waals surface area contributed by atoms with Gasteiger partial charge in [-0.15, -0.1) is 0 Å². The predicted molar refractivity (Wildman–Crippen MR) is 94.1 cm³/mol. The molecular formula is C18H21N3O3. The number of nitrogen functional groups attached to an aromatic ring is 1. The number of anilines is 2. The van der Waals surface area contributed by atoms with Crippen LogP contribution in [0.25, 0.3) is 0 Å². The van der Waals surface area contributed by atoms with Gasteiger partial charge >= 0.3 is 0 Å². The third-order valence-electron chi connectivity index (χ3n) is 3.41. The second-order valence-electron chi connectivity index (χ2n) is 5.45. The van der Waals surface area contributed by atoms with Crippen LogP contribution < -0.4 is 16.4 Å². The third kappa shape index (κ3) is 4.57. The summed E-state index contributed by atoms with van der Waals surface area (Å²) in [6.45, 7) is 2.29. The molecule has 0 aliphatic heterocycles. The van der Waals surface area contributed by atoms with Crippen molar-refractivity contribution >= 4 is 23.2 Å². The molecule has 0 saturated carbocycles. The molecule has 2 aromatic rings. The highest BCUT2D eigenvalue weighted by Gasteiger charge is 2.12. The Morgan fingerprint density at radius 2 is 1.62 bits per heavy atom. The van der Waals surface area contributed by atoms with E-state index in [2.05, 4.69) is 10.6 Å². The number of benzene rings is 2. The molecular weight excluding hydrogens is 306 g/mol. The lowest BCUT2D eigenvalue weighted by molar-refractivity contribution is 0.0904. The molecule has 0 aromatic heterocycles. The summed E-state index contributed by atoms with van der Waals surface area (Å²) in [6, 6.07) is 13.4. The van der Waals surface area contributed by atoms with Crippen LogP contribution in [0.5, 0.6) is 0 Å². The average Bonchev–Trinajstić information content (AvgIpc) is 2.57. The molecule has 24 heavy (non-hydrogen) atoms. The van der Waals surface area contributed by atoms with Gasteiger partial charge in [0.15, 0.2) is 0 Å². The highest BCUT2D eigenvalue weighted by molar-refractivity contribution is 6.06. The summed E-state index contributed by atoms with van der Waals surface area (Å²) >= 11 is 0. The van der Waals surface area contributed by atoms with E-state index in [9.17, 15) is 9.59 Å². The molecule has 0 heterocycles. The first-order valence-corrected chi connectivity index (χ1v) is 7.57. The molecule has 0 bridgehead atoms. The maximum Gasteiger partial charge on any atom is 0.255 e. The van der Waals surface area contributed by atoms with E-state index >= 15 is 0 Å². The molecule has 2 aromatic carbocycles. The van der Waals surface area contributed by atoms with Gasteiger partial charge in [0.05, 0.1) is 18.0 Å². The standard InChI is InChI=1S/C18H21N3O3/c1-12(11-24-2)20-17(22)13-7-9-14(10-8-13)18(23)21-16-6-4-3-5-15(16)19/h3-10,12H,11,19H2,1-2H3,(H,20,22)(H,21,23). The lowest BCUT2D eigenvalue weighted by Crippen LogP contribution is -2.35. The minimum absolute atomic E-state index is 0.0912. The topological polar surface area (TPSA) is 93.4 Å². The van der Waals surface area contributed by atoms with Crippen molar-refractivity contribution in [1.29, 1.82) is 0 Å². The van der Waals surface area contributed by atoms with Gasteiger partial charge in [-0.3, -0.25) is 9.59 Å². The predicted octanol–water partition coefficient (Wildman–Crippen LogP) is 2.29. The molecule has 0 aliphatic rings. The molecule has 0 spiro atoms. The first kappa shape index (κ1) is 17.5. The van der Waals surface area contributed by atoms with Gasteiger partial charge in [0.1, 0.15) is 0 Å². The van der Waals surface area contributed by atoms with Gasteiger partial charge in [0.25, 0.3) is 11.8 Å². The summed E-state index contributed by atoms with van der Waals surface area (Å²) in [6.07, 6.45) is 0. The molecule has 126 valence electrons. The molecule has 0 saturated heterocycles. The first-order valence-electron chi connectivity index (χ1n) is 7.57. The van der Waals surface area contributed by atoms with Crippen molar-refractivity contribution in [2.75, 3.05) is 24.8 Å². The molecule has 0 fully saturated rings. The maximum absolute atomic E-state index is 12.2. The van der Waals surface area contributed by atoms with Gasteiger partial charge in [-0.1, -0.05) is 12.1 Å². The number of amides is 2. The minimum atomic E-state index is -0.285. The zero-order valence-electron chi connectivity index (χ0n) is 13.7. The molecule has 2 amide bonds. The van der Waals surface area contributed by atoms with E-state index in [0.717, 1.165) is 0 Å². The van der Waals surface area contributed by atoms with Crippen molar-refractivity contribution in [3.8, 4) is 0 Å². The Labute approximate surface area is 141 Å². The van der Waals surface area contributed by atoms with Crippen LogP contribution in [0.15, 0.2) is 48.5 Å². The number of ether oxygens (including phenoxy) is 1. The van der Waals surface area contributed by atoms with E-state index < -0.39 is 0 Å². The number of carbonyl (C=O) groups is 2. The van der Waals surface area contributed by atoms with Crippen LogP contribution >= 0.6 is 0 Å². The summed E-state index contributed by atoms with van der Waals surface area (Å²) in [4.78, 5) is 24.3. The molecule has 1 unspecified atom stereocenters. The number of para-hydroxylation sites is 2. The van der Waals surface area contributed by atoms with Crippen LogP contribution in [-0.2, 0) is 4.74 Å². The highest BCUT2D eigenvalue weighted by atomic mass is 16.5. The van der Waals surface area contributed by atoms with Crippen LogP contribution in [0.1, 0.15) is 27.6 Å². The lowest BCUT2D eigenvalue weighted by atomic mass is 10.1. The van der Waals surface area contributed by atoms with E-state index in [0.29, 0.717) is 29.1 Å². The minimum Gasteiger partial charge on any atom is -0.397 e. The fourth-order valence-electron chi connectivity index (χ4n) is 2.18. The van der Waals surface area contributed by atoms with Gasteiger partial charge < -0.3 is 21.1 Å². The van der Waals surface area contributed by atoms with E-state index in [1.54, 1.807) is 55.6 Å². The van der Waals surface area contributed by atoms with Crippen LogP contribution in [0.4, 0.5) is 11.4 Å². The van der Waals surface area contributed by atoms with Crippen LogP contribution in [-0.4, -0.2) is 31.6 Å². The summed E-state index contributed by atoms with van der Waals surface area (Å²) in [5, 5.41) is 5.56. The quantitative estimate of drug-likeness (QED) is 0.710. The molecule has 6 nitrogen and oxygen atoms in total. The number of nitrogens with one attached hydrogen (secondary N) is 2. The van der Waals surface area contributed by atoms with Crippen LogP contribution in [0, 0.1) is 0 Å². The van der Waals surface area contributed by atoms with Crippen molar-refractivity contribution in [3.05, 3.63) is 59.7 Å². The molecule has 0 aliphatic carbocycles. The van der Waals surface area contributed by atoms with Crippen molar-refractivity contribution in [1.82, 2.24) is 5.32 Å². The van der Waals surface area contributed by atoms with E-state index in [1.165, 1.54) is 0 Å². The smallest absolute Gasteiger partial charge is 0.255 e. The number of methoxy groups -OCH3 is 1. The Balaban J connectivity index is 2.02. The number of hydrogen-bond donors (Lipinski definition) is 3. The van der Waals surface area contributed by atoms with Gasteiger partial charge in [0, 0.05) is 24.3 Å². The molecule has 1 atom stereocenters. The second kappa shape index (κ2) is 8.12. The fraction of sp³-hybridized carbons (Fsp3) is 0.222. The Bertz CT molecular complexity index is 714. The summed E-state index contributed by atoms with van der Waals surface area (Å²) in [7, 11) is 1.58. The number of rotatable bonds is 6. The summed E-state index contributed by atoms with van der Waals surface area (Å²) in [5.74, 6) is -0.494. The van der Waals surface area contributed by atoms with Crippen molar-refractivity contribution in [2.45, 2.75) is 13.0 Å². The first-order chi connectivity index (χ1) is 11.5. The molecule has 4 N–H and O–H groups in total. The summed E-state index contributed by atoms with van der Waals surface area (Å²) < 4.78 is 4.98. The van der Waals surface area contributed by atoms with E-state index in [4.69, 9.17) is 10.5 Å². The van der Waals surface area contributed by atoms with Crippen molar-refractivity contribution < 1.29 is 14.3 Å². The summed E-state index contributed by atoms with van der Waals surface area (Å²) in [5.41, 5.74) is 7.78. The largest absolute Gasteiger partial charge is 0.397 e. The molecule has 0 radical (unpaired) electrons. The Hall–Kier alpha value is -2.86. The zero-order valence-corrected chi connectivity index (χ0v) is 13.7. The lowest BCUT2D eigenvalue weighted by Gasteiger charge is -2.13. The van der Waals surface area contributed by atoms with Crippen molar-refractivity contribution in [2.24, 2.45) is 0 Å². The fourth-order valence-corrected chi connectivity index (χ4v) is 2.18. The Morgan fingerprint density at radius 3 is 2.21 bits per heavy atom. The van der Waals surface area contributed by atoms with Gasteiger partial charge in [-0.25, -0.2) is 0 Å². The number of hydrogen-bond acceptors (Lipinski definition) is 4. The van der Waals surface area contributed by atoms with Crippen LogP contribution in [0.2, 0.25) is 0 Å². The third-order valence-corrected chi connectivity index (χ3v) is 3.41. The molecule has 6 heteroatoms. The van der Waals surface area contributed by atoms with Gasteiger partial charge in [-0.05, 0) is 43.3 Å². The van der Waals surface area contributed by atoms with E-state index in [1.807, 2.05) is 6.92 Å². The van der Waals surface area contributed by atoms with Crippen molar-refractivity contribution in [3.63, 3.8) is 0 Å². The monoisotopic (exact) mass is 327 g/mol. The van der Waals surface area contributed by atoms with E-state index in [-0.39, 0.29) is 17.9 Å². The van der Waals surface area contributed by atoms with Gasteiger partial charge in [-0.2, -0.15) is 0 Å². The normalized spacial score (nSPS) is 11.6. The van der Waals surface area contributed by atoms with Gasteiger partial charge in [0.2, 0.25) is 0 Å². The average molecular weight is 327 g/mol. The highest BCUT2D eigenvalue weighted by Crippen LogP contribution is 2.18. The zero-order chi connectivity index (χ0) is 17.5. The maximum atomic E-state index is 12.2. The van der Waals surface area contributed by atoms with Crippen LogP contribution in [0.3, 0.4) is 0 Å². The second-order valence-corrected chi connectivity index (χ2v) is 5.45.